The molecule has 1 N–H and O–H groups in total. The zero-order valence-corrected chi connectivity index (χ0v) is 19.9. The van der Waals surface area contributed by atoms with Crippen LogP contribution in [0.15, 0.2) is 29.8 Å². The Morgan fingerprint density at radius 1 is 1.25 bits per heavy atom. The topological polar surface area (TPSA) is 54.0 Å². The van der Waals surface area contributed by atoms with Crippen LogP contribution in [0.4, 0.5) is 0 Å². The molecule has 1 aromatic rings. The van der Waals surface area contributed by atoms with Crippen LogP contribution in [-0.2, 0) is 4.79 Å². The van der Waals surface area contributed by atoms with Gasteiger partial charge in [0.05, 0.1) is 20.3 Å². The molecule has 2 fully saturated rings. The third-order valence-electron chi connectivity index (χ3n) is 7.20. The van der Waals surface area contributed by atoms with Gasteiger partial charge in [0.25, 0.3) is 0 Å². The Bertz CT molecular complexity index is 821. The van der Waals surface area contributed by atoms with Gasteiger partial charge in [0.15, 0.2) is 11.5 Å². The maximum absolute atomic E-state index is 12.8. The lowest BCUT2D eigenvalue weighted by molar-refractivity contribution is -0.122. The minimum absolute atomic E-state index is 0.148. The van der Waals surface area contributed by atoms with Crippen LogP contribution in [0.25, 0.3) is 0 Å². The Hall–Kier alpha value is -2.05. The average molecular weight is 442 g/mol. The number of hydrogen-bond donors (Lipinski definition) is 1. The summed E-state index contributed by atoms with van der Waals surface area (Å²) in [6.07, 6.45) is 7.69. The Balaban J connectivity index is 1.55. The number of fused-ring (bicyclic) bond motifs is 8. The van der Waals surface area contributed by atoms with E-state index in [9.17, 15) is 4.79 Å². The fourth-order valence-corrected chi connectivity index (χ4v) is 5.52. The maximum Gasteiger partial charge on any atom is 0.234 e. The quantitative estimate of drug-likeness (QED) is 0.724. The largest absolute Gasteiger partial charge is 0.493 e. The van der Waals surface area contributed by atoms with E-state index in [1.165, 1.54) is 24.0 Å². The number of rotatable bonds is 3. The van der Waals surface area contributed by atoms with Gasteiger partial charge >= 0.3 is 0 Å². The fourth-order valence-electron chi connectivity index (χ4n) is 5.52. The van der Waals surface area contributed by atoms with E-state index in [0.29, 0.717) is 31.2 Å². The van der Waals surface area contributed by atoms with Crippen molar-refractivity contribution in [1.82, 2.24) is 15.1 Å². The van der Waals surface area contributed by atoms with Crippen LogP contribution in [0.2, 0.25) is 0 Å². The van der Waals surface area contributed by atoms with E-state index in [2.05, 4.69) is 53.2 Å². The second-order valence-electron chi connectivity index (χ2n) is 9.75. The van der Waals surface area contributed by atoms with Crippen molar-refractivity contribution < 1.29 is 14.3 Å². The summed E-state index contributed by atoms with van der Waals surface area (Å²) in [7, 11) is 1.71. The molecule has 4 bridgehead atoms. The van der Waals surface area contributed by atoms with Gasteiger partial charge in [-0.15, -0.1) is 0 Å². The zero-order chi connectivity index (χ0) is 22.5. The first kappa shape index (κ1) is 23.1. The second kappa shape index (κ2) is 10.7. The Morgan fingerprint density at radius 2 is 2.12 bits per heavy atom. The molecule has 1 aromatic carbocycles. The van der Waals surface area contributed by atoms with Crippen LogP contribution in [-0.4, -0.2) is 68.2 Å². The number of hydrogen-bond acceptors (Lipinski definition) is 5. The molecular weight excluding hydrogens is 402 g/mol. The number of carbonyl (C=O) groups excluding carboxylic acids is 1. The van der Waals surface area contributed by atoms with E-state index >= 15 is 0 Å². The molecule has 4 rings (SSSR count). The number of benzene rings is 1. The molecule has 6 heteroatoms. The van der Waals surface area contributed by atoms with Gasteiger partial charge in [0, 0.05) is 25.2 Å². The third-order valence-corrected chi connectivity index (χ3v) is 7.20. The average Bonchev–Trinajstić information content (AvgIpc) is 3.38. The molecule has 0 saturated carbocycles. The predicted molar refractivity (Wildman–Crippen MR) is 127 cm³/mol. The molecule has 0 spiro atoms. The molecule has 0 aliphatic carbocycles. The second-order valence-corrected chi connectivity index (χ2v) is 9.75. The van der Waals surface area contributed by atoms with Gasteiger partial charge in [-0.1, -0.05) is 17.7 Å². The number of carbonyl (C=O) groups is 1. The molecular formula is C26H39N3O3. The summed E-state index contributed by atoms with van der Waals surface area (Å²) >= 11 is 0. The lowest BCUT2D eigenvalue weighted by Gasteiger charge is -2.25. The van der Waals surface area contributed by atoms with E-state index in [0.717, 1.165) is 56.9 Å². The molecule has 3 aliphatic rings. The minimum atomic E-state index is 0.148. The number of amides is 1. The molecule has 176 valence electrons. The van der Waals surface area contributed by atoms with E-state index < -0.39 is 0 Å². The molecule has 0 radical (unpaired) electrons. The van der Waals surface area contributed by atoms with Crippen molar-refractivity contribution in [1.29, 1.82) is 0 Å². The molecule has 3 heterocycles. The van der Waals surface area contributed by atoms with Gasteiger partial charge in [0.1, 0.15) is 0 Å². The van der Waals surface area contributed by atoms with Crippen molar-refractivity contribution in [2.24, 2.45) is 5.92 Å². The number of methoxy groups -OCH3 is 1. The molecule has 6 nitrogen and oxygen atoms in total. The highest BCUT2D eigenvalue weighted by atomic mass is 16.5. The number of ether oxygens (including phenoxy) is 2. The minimum Gasteiger partial charge on any atom is -0.493 e. The molecule has 32 heavy (non-hydrogen) atoms. The fraction of sp³-hybridized carbons (Fsp3) is 0.654. The Labute approximate surface area is 192 Å². The summed E-state index contributed by atoms with van der Waals surface area (Å²) in [5, 5.41) is 3.27. The molecule has 3 aliphatic heterocycles. The van der Waals surface area contributed by atoms with Gasteiger partial charge in [-0.05, 0) is 82.7 Å². The number of nitrogens with one attached hydrogen (secondary N) is 1. The van der Waals surface area contributed by atoms with Crippen LogP contribution in [0.1, 0.15) is 57.6 Å². The molecule has 3 atom stereocenters. The van der Waals surface area contributed by atoms with Crippen LogP contribution >= 0.6 is 0 Å². The normalized spacial score (nSPS) is 27.3. The van der Waals surface area contributed by atoms with Crippen molar-refractivity contribution in [3.05, 3.63) is 35.4 Å². The van der Waals surface area contributed by atoms with Crippen LogP contribution < -0.4 is 14.8 Å². The number of nitrogens with zero attached hydrogens (tertiary/aromatic N) is 2. The summed E-state index contributed by atoms with van der Waals surface area (Å²) in [5.74, 6) is 2.30. The molecule has 2 saturated heterocycles. The lowest BCUT2D eigenvalue weighted by atomic mass is 9.94. The van der Waals surface area contributed by atoms with E-state index in [-0.39, 0.29) is 5.91 Å². The van der Waals surface area contributed by atoms with E-state index in [1.54, 1.807) is 7.11 Å². The van der Waals surface area contributed by atoms with Gasteiger partial charge in [-0.2, -0.15) is 0 Å². The smallest absolute Gasteiger partial charge is 0.234 e. The van der Waals surface area contributed by atoms with Gasteiger partial charge in [-0.3, -0.25) is 14.6 Å². The molecule has 0 aromatic heterocycles. The highest BCUT2D eigenvalue weighted by Gasteiger charge is 2.44. The maximum atomic E-state index is 12.8. The first-order chi connectivity index (χ1) is 15.5. The standard InChI is InChI=1S/C26H39N3O3/c1-19(2)10-13-28-11-4-5-14-32-25-16-20(8-9-24(25)31-3)23-15-21(17-27-26(30)18-28)22-7-6-12-29(22)23/h8-10,16,21-23H,4-7,11-15,17-18H2,1-3H3,(H,27,30)/t21-,22+,23-/m1/s1. The first-order valence-corrected chi connectivity index (χ1v) is 12.2. The predicted octanol–water partition coefficient (Wildman–Crippen LogP) is 3.78. The van der Waals surface area contributed by atoms with Gasteiger partial charge in [0.2, 0.25) is 5.91 Å². The van der Waals surface area contributed by atoms with Crippen molar-refractivity contribution >= 4 is 5.91 Å². The summed E-state index contributed by atoms with van der Waals surface area (Å²) in [4.78, 5) is 17.7. The van der Waals surface area contributed by atoms with E-state index in [1.807, 2.05) is 0 Å². The summed E-state index contributed by atoms with van der Waals surface area (Å²) in [6, 6.07) is 7.38. The van der Waals surface area contributed by atoms with Crippen LogP contribution in [0.5, 0.6) is 11.5 Å². The SMILES string of the molecule is COc1ccc2cc1OCCCCN(CC=C(C)C)CC(=O)NC[C@H]1C[C@H]2N2CCC[C@@H]12. The highest BCUT2D eigenvalue weighted by molar-refractivity contribution is 5.78. The highest BCUT2D eigenvalue weighted by Crippen LogP contribution is 2.46. The monoisotopic (exact) mass is 441 g/mol. The lowest BCUT2D eigenvalue weighted by Crippen LogP contribution is -2.41. The van der Waals surface area contributed by atoms with Crippen molar-refractivity contribution in [2.75, 3.05) is 46.4 Å². The van der Waals surface area contributed by atoms with Crippen molar-refractivity contribution in [3.8, 4) is 11.5 Å². The van der Waals surface area contributed by atoms with Gasteiger partial charge in [-0.25, -0.2) is 0 Å². The number of allylic oxidation sites excluding steroid dienone is 1. The van der Waals surface area contributed by atoms with Crippen molar-refractivity contribution in [3.63, 3.8) is 0 Å². The zero-order valence-electron chi connectivity index (χ0n) is 19.9. The van der Waals surface area contributed by atoms with E-state index in [4.69, 9.17) is 9.47 Å². The molecule has 1 amide bonds. The Kier molecular flexibility index (Phi) is 7.74. The first-order valence-electron chi connectivity index (χ1n) is 12.2. The van der Waals surface area contributed by atoms with Crippen LogP contribution in [0, 0.1) is 5.92 Å². The summed E-state index contributed by atoms with van der Waals surface area (Å²) in [6.45, 7) is 8.94. The summed E-state index contributed by atoms with van der Waals surface area (Å²) < 4.78 is 11.8. The third kappa shape index (κ3) is 5.46. The van der Waals surface area contributed by atoms with Crippen LogP contribution in [0.3, 0.4) is 0 Å². The van der Waals surface area contributed by atoms with Gasteiger partial charge < -0.3 is 14.8 Å². The molecule has 0 unspecified atom stereocenters. The van der Waals surface area contributed by atoms with Crippen molar-refractivity contribution in [2.45, 2.75) is 58.0 Å². The Morgan fingerprint density at radius 3 is 2.94 bits per heavy atom. The summed E-state index contributed by atoms with van der Waals surface area (Å²) in [5.41, 5.74) is 2.59.